The van der Waals surface area contributed by atoms with Crippen LogP contribution in [0.4, 0.5) is 14.5 Å². The molecule has 6 heteroatoms. The number of benzene rings is 1. The second kappa shape index (κ2) is 5.66. The van der Waals surface area contributed by atoms with Gasteiger partial charge in [-0.15, -0.1) is 0 Å². The SMILES string of the molecule is CCN(c1c(F)cc(C(N)=NO)cc1F)C(C)C. The summed E-state index contributed by atoms with van der Waals surface area (Å²) in [5.41, 5.74) is 5.22. The number of nitrogens with zero attached hydrogens (tertiary/aromatic N) is 2. The molecule has 0 heterocycles. The lowest BCUT2D eigenvalue weighted by Gasteiger charge is -2.28. The molecule has 3 N–H and O–H groups in total. The van der Waals surface area contributed by atoms with E-state index in [1.807, 2.05) is 20.8 Å². The fourth-order valence-electron chi connectivity index (χ4n) is 1.83. The Morgan fingerprint density at radius 1 is 1.39 bits per heavy atom. The number of halogens is 2. The number of nitrogens with two attached hydrogens (primary N) is 1. The number of hydrogen-bond acceptors (Lipinski definition) is 3. The maximum atomic E-state index is 13.9. The van der Waals surface area contributed by atoms with E-state index in [-0.39, 0.29) is 23.1 Å². The van der Waals surface area contributed by atoms with Gasteiger partial charge in [0, 0.05) is 18.2 Å². The number of amidine groups is 1. The smallest absolute Gasteiger partial charge is 0.170 e. The van der Waals surface area contributed by atoms with Crippen LogP contribution in [0, 0.1) is 11.6 Å². The molecular weight excluding hydrogens is 240 g/mol. The van der Waals surface area contributed by atoms with Crippen LogP contribution in [0.3, 0.4) is 0 Å². The fraction of sp³-hybridized carbons (Fsp3) is 0.417. The van der Waals surface area contributed by atoms with E-state index >= 15 is 0 Å². The molecule has 0 radical (unpaired) electrons. The molecule has 4 nitrogen and oxygen atoms in total. The average molecular weight is 257 g/mol. The van der Waals surface area contributed by atoms with Gasteiger partial charge < -0.3 is 15.8 Å². The number of hydrogen-bond donors (Lipinski definition) is 2. The van der Waals surface area contributed by atoms with Crippen LogP contribution in [0.1, 0.15) is 26.3 Å². The molecule has 0 unspecified atom stereocenters. The van der Waals surface area contributed by atoms with Gasteiger partial charge in [-0.1, -0.05) is 5.16 Å². The van der Waals surface area contributed by atoms with Crippen LogP contribution < -0.4 is 10.6 Å². The summed E-state index contributed by atoms with van der Waals surface area (Å²) in [6, 6.07) is 2.07. The molecule has 0 aliphatic carbocycles. The summed E-state index contributed by atoms with van der Waals surface area (Å²) < 4.78 is 27.9. The number of rotatable bonds is 4. The van der Waals surface area contributed by atoms with E-state index in [4.69, 9.17) is 10.9 Å². The molecule has 1 aromatic carbocycles. The molecule has 0 saturated carbocycles. The van der Waals surface area contributed by atoms with Gasteiger partial charge in [0.15, 0.2) is 5.84 Å². The zero-order valence-electron chi connectivity index (χ0n) is 10.6. The third kappa shape index (κ3) is 2.69. The van der Waals surface area contributed by atoms with Crippen molar-refractivity contribution in [3.63, 3.8) is 0 Å². The predicted molar refractivity (Wildman–Crippen MR) is 67.0 cm³/mol. The number of oxime groups is 1. The minimum atomic E-state index is -0.729. The Balaban J connectivity index is 3.32. The maximum Gasteiger partial charge on any atom is 0.170 e. The Morgan fingerprint density at radius 2 is 1.89 bits per heavy atom. The van der Waals surface area contributed by atoms with Crippen molar-refractivity contribution in [2.45, 2.75) is 26.8 Å². The van der Waals surface area contributed by atoms with Gasteiger partial charge in [0.25, 0.3) is 0 Å². The Morgan fingerprint density at radius 3 is 2.22 bits per heavy atom. The van der Waals surface area contributed by atoms with Crippen LogP contribution in [0.15, 0.2) is 17.3 Å². The zero-order valence-corrected chi connectivity index (χ0v) is 10.6. The van der Waals surface area contributed by atoms with E-state index in [0.717, 1.165) is 12.1 Å². The topological polar surface area (TPSA) is 61.8 Å². The lowest BCUT2D eigenvalue weighted by Crippen LogP contribution is -2.32. The van der Waals surface area contributed by atoms with Gasteiger partial charge in [-0.2, -0.15) is 0 Å². The predicted octanol–water partition coefficient (Wildman–Crippen LogP) is 2.29. The van der Waals surface area contributed by atoms with Crippen molar-refractivity contribution in [1.29, 1.82) is 0 Å². The fourth-order valence-corrected chi connectivity index (χ4v) is 1.83. The van der Waals surface area contributed by atoms with E-state index in [0.29, 0.717) is 6.54 Å². The molecule has 0 bridgehead atoms. The standard InChI is InChI=1S/C12H17F2N3O/c1-4-17(7(2)3)11-9(13)5-8(6-10(11)14)12(15)16-18/h5-7,18H,4H2,1-3H3,(H2,15,16). The Hall–Kier alpha value is -1.85. The van der Waals surface area contributed by atoms with Crippen molar-refractivity contribution in [1.82, 2.24) is 0 Å². The molecule has 0 aliphatic rings. The molecule has 1 rings (SSSR count). The lowest BCUT2D eigenvalue weighted by atomic mass is 10.1. The van der Waals surface area contributed by atoms with Gasteiger partial charge in [-0.3, -0.25) is 0 Å². The third-order valence-electron chi connectivity index (χ3n) is 2.67. The monoisotopic (exact) mass is 257 g/mol. The number of anilines is 1. The highest BCUT2D eigenvalue weighted by molar-refractivity contribution is 5.97. The van der Waals surface area contributed by atoms with E-state index in [2.05, 4.69) is 5.16 Å². The molecule has 0 saturated heterocycles. The van der Waals surface area contributed by atoms with E-state index in [9.17, 15) is 8.78 Å². The first-order valence-electron chi connectivity index (χ1n) is 5.65. The van der Waals surface area contributed by atoms with Crippen molar-refractivity contribution in [2.24, 2.45) is 10.9 Å². The van der Waals surface area contributed by atoms with Crippen LogP contribution in [0.25, 0.3) is 0 Å². The van der Waals surface area contributed by atoms with Crippen LogP contribution in [-0.4, -0.2) is 23.6 Å². The molecule has 0 amide bonds. The summed E-state index contributed by atoms with van der Waals surface area (Å²) in [5, 5.41) is 11.2. The molecule has 18 heavy (non-hydrogen) atoms. The van der Waals surface area contributed by atoms with Crippen molar-refractivity contribution in [3.8, 4) is 0 Å². The molecule has 0 aromatic heterocycles. The average Bonchev–Trinajstić information content (AvgIpc) is 2.31. The van der Waals surface area contributed by atoms with Crippen LogP contribution in [0.2, 0.25) is 0 Å². The molecule has 0 spiro atoms. The Labute approximate surface area is 105 Å². The van der Waals surface area contributed by atoms with Crippen LogP contribution >= 0.6 is 0 Å². The van der Waals surface area contributed by atoms with Crippen LogP contribution in [-0.2, 0) is 0 Å². The summed E-state index contributed by atoms with van der Waals surface area (Å²) >= 11 is 0. The maximum absolute atomic E-state index is 13.9. The van der Waals surface area contributed by atoms with Gasteiger partial charge in [0.05, 0.1) is 0 Å². The highest BCUT2D eigenvalue weighted by Gasteiger charge is 2.20. The van der Waals surface area contributed by atoms with E-state index in [1.54, 1.807) is 4.90 Å². The second-order valence-electron chi connectivity index (χ2n) is 4.15. The van der Waals surface area contributed by atoms with Gasteiger partial charge in [-0.05, 0) is 32.9 Å². The van der Waals surface area contributed by atoms with Gasteiger partial charge >= 0.3 is 0 Å². The highest BCUT2D eigenvalue weighted by atomic mass is 19.1. The summed E-state index contributed by atoms with van der Waals surface area (Å²) in [4.78, 5) is 1.60. The lowest BCUT2D eigenvalue weighted by molar-refractivity contribution is 0.318. The summed E-state index contributed by atoms with van der Waals surface area (Å²) in [6.45, 7) is 5.99. The minimum Gasteiger partial charge on any atom is -0.409 e. The molecule has 1 aromatic rings. The Bertz CT molecular complexity index is 438. The zero-order chi connectivity index (χ0) is 13.9. The van der Waals surface area contributed by atoms with Crippen molar-refractivity contribution in [2.75, 3.05) is 11.4 Å². The van der Waals surface area contributed by atoms with Gasteiger partial charge in [-0.25, -0.2) is 8.78 Å². The molecule has 100 valence electrons. The largest absolute Gasteiger partial charge is 0.409 e. The van der Waals surface area contributed by atoms with Crippen molar-refractivity contribution >= 4 is 11.5 Å². The second-order valence-corrected chi connectivity index (χ2v) is 4.15. The molecule has 0 atom stereocenters. The summed E-state index contributed by atoms with van der Waals surface area (Å²) in [5.74, 6) is -1.79. The Kier molecular flexibility index (Phi) is 4.47. The third-order valence-corrected chi connectivity index (χ3v) is 2.67. The van der Waals surface area contributed by atoms with Gasteiger partial charge in [0.2, 0.25) is 0 Å². The van der Waals surface area contributed by atoms with Crippen LogP contribution in [0.5, 0.6) is 0 Å². The summed E-state index contributed by atoms with van der Waals surface area (Å²) in [6.07, 6.45) is 0. The quantitative estimate of drug-likeness (QED) is 0.376. The molecular formula is C12H17F2N3O. The normalized spacial score (nSPS) is 12.0. The highest BCUT2D eigenvalue weighted by Crippen LogP contribution is 2.26. The van der Waals surface area contributed by atoms with E-state index < -0.39 is 11.6 Å². The van der Waals surface area contributed by atoms with Crippen molar-refractivity contribution < 1.29 is 14.0 Å². The minimum absolute atomic E-state index is 0.0102. The first-order valence-corrected chi connectivity index (χ1v) is 5.65. The molecule has 0 fully saturated rings. The first-order chi connectivity index (χ1) is 8.42. The molecule has 0 aliphatic heterocycles. The van der Waals surface area contributed by atoms with E-state index in [1.165, 1.54) is 0 Å². The summed E-state index contributed by atoms with van der Waals surface area (Å²) in [7, 11) is 0. The van der Waals surface area contributed by atoms with Crippen molar-refractivity contribution in [3.05, 3.63) is 29.3 Å². The first kappa shape index (κ1) is 14.2. The van der Waals surface area contributed by atoms with Gasteiger partial charge in [0.1, 0.15) is 17.3 Å².